The Balaban J connectivity index is 2.16. The highest BCUT2D eigenvalue weighted by molar-refractivity contribution is 6.05. The number of aromatic nitrogens is 2. The van der Waals surface area contributed by atoms with E-state index in [4.69, 9.17) is 5.11 Å². The first kappa shape index (κ1) is 11.8. The van der Waals surface area contributed by atoms with E-state index >= 15 is 0 Å². The first-order valence-corrected chi connectivity index (χ1v) is 5.23. The van der Waals surface area contributed by atoms with Crippen molar-refractivity contribution in [3.8, 4) is 0 Å². The molecule has 18 heavy (non-hydrogen) atoms. The number of benzene rings is 1. The second-order valence-corrected chi connectivity index (χ2v) is 3.74. The maximum absolute atomic E-state index is 11.9. The molecule has 1 aromatic carbocycles. The first-order valence-electron chi connectivity index (χ1n) is 5.23. The van der Waals surface area contributed by atoms with Gasteiger partial charge in [0.25, 0.3) is 5.91 Å². The number of H-pyrrole nitrogens is 1. The van der Waals surface area contributed by atoms with Gasteiger partial charge in [0.2, 0.25) is 0 Å². The lowest BCUT2D eigenvalue weighted by Gasteiger charge is -2.04. The third-order valence-electron chi connectivity index (χ3n) is 2.44. The molecular formula is C12H11N3O3. The van der Waals surface area contributed by atoms with Crippen molar-refractivity contribution in [3.05, 3.63) is 47.2 Å². The largest absolute Gasteiger partial charge is 0.477 e. The third-order valence-corrected chi connectivity index (χ3v) is 2.44. The van der Waals surface area contributed by atoms with Crippen molar-refractivity contribution in [1.82, 2.24) is 10.2 Å². The highest BCUT2D eigenvalue weighted by Crippen LogP contribution is 2.11. The van der Waals surface area contributed by atoms with Crippen molar-refractivity contribution < 1.29 is 14.7 Å². The van der Waals surface area contributed by atoms with E-state index in [9.17, 15) is 9.59 Å². The number of nitrogens with one attached hydrogen (secondary N) is 2. The molecule has 1 aromatic heterocycles. The molecule has 2 rings (SSSR count). The highest BCUT2D eigenvalue weighted by atomic mass is 16.4. The monoisotopic (exact) mass is 245 g/mol. The zero-order valence-electron chi connectivity index (χ0n) is 9.60. The number of carboxylic acids is 1. The summed E-state index contributed by atoms with van der Waals surface area (Å²) in [4.78, 5) is 22.5. The number of aryl methyl sites for hydroxylation is 1. The van der Waals surface area contributed by atoms with Gasteiger partial charge in [0.1, 0.15) is 5.69 Å². The van der Waals surface area contributed by atoms with Gasteiger partial charge in [-0.25, -0.2) is 4.79 Å². The predicted molar refractivity (Wildman–Crippen MR) is 64.7 cm³/mol. The normalized spacial score (nSPS) is 10.1. The summed E-state index contributed by atoms with van der Waals surface area (Å²) in [5, 5.41) is 17.2. The van der Waals surface area contributed by atoms with Crippen LogP contribution in [0, 0.1) is 6.92 Å². The van der Waals surface area contributed by atoms with E-state index < -0.39 is 5.97 Å². The van der Waals surface area contributed by atoms with Crippen LogP contribution in [0.2, 0.25) is 0 Å². The molecule has 92 valence electrons. The van der Waals surface area contributed by atoms with Crippen molar-refractivity contribution in [1.29, 1.82) is 0 Å². The van der Waals surface area contributed by atoms with Crippen LogP contribution in [0.1, 0.15) is 26.4 Å². The van der Waals surface area contributed by atoms with Crippen LogP contribution in [0.5, 0.6) is 0 Å². The maximum Gasteiger partial charge on any atom is 0.353 e. The molecule has 0 aliphatic carbocycles. The minimum Gasteiger partial charge on any atom is -0.477 e. The topological polar surface area (TPSA) is 95.1 Å². The third kappa shape index (κ3) is 2.37. The van der Waals surface area contributed by atoms with Crippen molar-refractivity contribution in [2.45, 2.75) is 6.92 Å². The van der Waals surface area contributed by atoms with Crippen LogP contribution in [0.4, 0.5) is 5.82 Å². The van der Waals surface area contributed by atoms with Gasteiger partial charge in [-0.1, -0.05) is 18.2 Å². The summed E-state index contributed by atoms with van der Waals surface area (Å²) in [6.07, 6.45) is 0. The summed E-state index contributed by atoms with van der Waals surface area (Å²) < 4.78 is 0. The molecule has 6 heteroatoms. The molecule has 0 aliphatic rings. The zero-order chi connectivity index (χ0) is 13.1. The summed E-state index contributed by atoms with van der Waals surface area (Å²) in [6.45, 7) is 1.82. The number of aromatic amines is 1. The number of carbonyl (C=O) groups is 2. The fraction of sp³-hybridized carbons (Fsp3) is 0.0833. The van der Waals surface area contributed by atoms with Gasteiger partial charge in [0.05, 0.1) is 0 Å². The Kier molecular flexibility index (Phi) is 3.09. The van der Waals surface area contributed by atoms with Gasteiger partial charge in [0, 0.05) is 11.6 Å². The quantitative estimate of drug-likeness (QED) is 0.766. The smallest absolute Gasteiger partial charge is 0.353 e. The SMILES string of the molecule is Cc1ccccc1C(=O)Nc1cc(C(=O)O)[nH]n1. The fourth-order valence-corrected chi connectivity index (χ4v) is 1.51. The van der Waals surface area contributed by atoms with E-state index in [2.05, 4.69) is 15.5 Å². The summed E-state index contributed by atoms with van der Waals surface area (Å²) in [6, 6.07) is 8.37. The molecule has 2 aromatic rings. The Hall–Kier alpha value is -2.63. The zero-order valence-corrected chi connectivity index (χ0v) is 9.60. The molecule has 0 unspecified atom stereocenters. The molecule has 0 aliphatic heterocycles. The van der Waals surface area contributed by atoms with E-state index in [-0.39, 0.29) is 17.4 Å². The second kappa shape index (κ2) is 4.70. The van der Waals surface area contributed by atoms with Crippen LogP contribution in [-0.2, 0) is 0 Å². The van der Waals surface area contributed by atoms with Crippen LogP contribution in [0.15, 0.2) is 30.3 Å². The number of aromatic carboxylic acids is 1. The average Bonchev–Trinajstić information content (AvgIpc) is 2.78. The predicted octanol–water partition coefficient (Wildman–Crippen LogP) is 1.67. The maximum atomic E-state index is 11.9. The van der Waals surface area contributed by atoms with E-state index in [1.54, 1.807) is 12.1 Å². The standard InChI is InChI=1S/C12H11N3O3/c1-7-4-2-3-5-8(7)11(16)13-10-6-9(12(17)18)14-15-10/h2-6H,1H3,(H,17,18)(H2,13,14,15,16). The van der Waals surface area contributed by atoms with Crippen LogP contribution >= 0.6 is 0 Å². The molecule has 0 saturated carbocycles. The Labute approximate surface area is 103 Å². The number of carbonyl (C=O) groups excluding carboxylic acids is 1. The van der Waals surface area contributed by atoms with Gasteiger partial charge in [-0.2, -0.15) is 5.10 Å². The van der Waals surface area contributed by atoms with Crippen molar-refractivity contribution in [2.75, 3.05) is 5.32 Å². The number of hydrogen-bond acceptors (Lipinski definition) is 3. The molecule has 0 radical (unpaired) electrons. The molecular weight excluding hydrogens is 234 g/mol. The summed E-state index contributed by atoms with van der Waals surface area (Å²) in [5.74, 6) is -1.27. The number of hydrogen-bond donors (Lipinski definition) is 3. The van der Waals surface area contributed by atoms with Crippen LogP contribution in [-0.4, -0.2) is 27.2 Å². The minimum atomic E-state index is -1.13. The molecule has 1 amide bonds. The number of carboxylic acid groups (broad SMARTS) is 1. The molecule has 3 N–H and O–H groups in total. The van der Waals surface area contributed by atoms with Gasteiger partial charge in [-0.3, -0.25) is 9.89 Å². The summed E-state index contributed by atoms with van der Waals surface area (Å²) in [5.41, 5.74) is 1.29. The molecule has 0 saturated heterocycles. The van der Waals surface area contributed by atoms with E-state index in [1.807, 2.05) is 19.1 Å². The minimum absolute atomic E-state index is 0.0740. The van der Waals surface area contributed by atoms with Crippen LogP contribution in [0.3, 0.4) is 0 Å². The Morgan fingerprint density at radius 2 is 2.06 bits per heavy atom. The highest BCUT2D eigenvalue weighted by Gasteiger charge is 2.12. The van der Waals surface area contributed by atoms with Gasteiger partial charge in [-0.05, 0) is 18.6 Å². The van der Waals surface area contributed by atoms with E-state index in [0.717, 1.165) is 5.56 Å². The Morgan fingerprint density at radius 1 is 1.33 bits per heavy atom. The van der Waals surface area contributed by atoms with E-state index in [0.29, 0.717) is 5.56 Å². The fourth-order valence-electron chi connectivity index (χ4n) is 1.51. The molecule has 0 fully saturated rings. The molecule has 6 nitrogen and oxygen atoms in total. The average molecular weight is 245 g/mol. The lowest BCUT2D eigenvalue weighted by Crippen LogP contribution is -2.13. The Morgan fingerprint density at radius 3 is 2.67 bits per heavy atom. The summed E-state index contributed by atoms with van der Waals surface area (Å²) in [7, 11) is 0. The van der Waals surface area contributed by atoms with Gasteiger partial charge < -0.3 is 10.4 Å². The lowest BCUT2D eigenvalue weighted by molar-refractivity contribution is 0.0690. The summed E-state index contributed by atoms with van der Waals surface area (Å²) >= 11 is 0. The molecule has 0 spiro atoms. The van der Waals surface area contributed by atoms with Gasteiger partial charge in [-0.15, -0.1) is 0 Å². The molecule has 1 heterocycles. The van der Waals surface area contributed by atoms with Crippen LogP contribution < -0.4 is 5.32 Å². The second-order valence-electron chi connectivity index (χ2n) is 3.74. The number of anilines is 1. The van der Waals surface area contributed by atoms with Gasteiger partial charge in [0.15, 0.2) is 5.82 Å². The van der Waals surface area contributed by atoms with E-state index in [1.165, 1.54) is 6.07 Å². The van der Waals surface area contributed by atoms with Crippen molar-refractivity contribution in [2.24, 2.45) is 0 Å². The van der Waals surface area contributed by atoms with Gasteiger partial charge >= 0.3 is 5.97 Å². The number of rotatable bonds is 3. The molecule has 0 atom stereocenters. The first-order chi connectivity index (χ1) is 8.58. The van der Waals surface area contributed by atoms with Crippen molar-refractivity contribution >= 4 is 17.7 Å². The number of amides is 1. The molecule has 0 bridgehead atoms. The van der Waals surface area contributed by atoms with Crippen molar-refractivity contribution in [3.63, 3.8) is 0 Å². The Bertz CT molecular complexity index is 604. The number of nitrogens with zero attached hydrogens (tertiary/aromatic N) is 1. The lowest BCUT2D eigenvalue weighted by atomic mass is 10.1. The van der Waals surface area contributed by atoms with Crippen LogP contribution in [0.25, 0.3) is 0 Å².